The van der Waals surface area contributed by atoms with Gasteiger partial charge in [0.05, 0.1) is 23.9 Å². The SMILES string of the molecule is Cc1nc(C)c(C(=O)OCC(=O)Nc2ccc(N3CCOCC3)cc2)s1. The number of thiazole rings is 1. The zero-order valence-corrected chi connectivity index (χ0v) is 15.6. The Balaban J connectivity index is 1.50. The number of aryl methyl sites for hydroxylation is 2. The Hall–Kier alpha value is -2.45. The van der Waals surface area contributed by atoms with Crippen molar-refractivity contribution in [2.75, 3.05) is 43.1 Å². The molecule has 0 saturated carbocycles. The average molecular weight is 375 g/mol. The van der Waals surface area contributed by atoms with Gasteiger partial charge in [-0.05, 0) is 38.1 Å². The lowest BCUT2D eigenvalue weighted by atomic mass is 10.2. The van der Waals surface area contributed by atoms with E-state index in [1.165, 1.54) is 11.3 Å². The van der Waals surface area contributed by atoms with Gasteiger partial charge in [0.2, 0.25) is 0 Å². The highest BCUT2D eigenvalue weighted by Gasteiger charge is 2.17. The molecule has 0 bridgehead atoms. The van der Waals surface area contributed by atoms with Gasteiger partial charge in [-0.2, -0.15) is 0 Å². The summed E-state index contributed by atoms with van der Waals surface area (Å²) in [5.74, 6) is -0.901. The third-order valence-electron chi connectivity index (χ3n) is 3.95. The number of nitrogens with zero attached hydrogens (tertiary/aromatic N) is 2. The number of carbonyl (C=O) groups excluding carboxylic acids is 2. The molecule has 7 nitrogen and oxygen atoms in total. The zero-order valence-electron chi connectivity index (χ0n) is 14.8. The minimum atomic E-state index is -0.522. The van der Waals surface area contributed by atoms with Crippen molar-refractivity contribution in [2.45, 2.75) is 13.8 Å². The van der Waals surface area contributed by atoms with Crippen LogP contribution >= 0.6 is 11.3 Å². The summed E-state index contributed by atoms with van der Waals surface area (Å²) in [4.78, 5) is 30.9. The van der Waals surface area contributed by atoms with Gasteiger partial charge >= 0.3 is 5.97 Å². The van der Waals surface area contributed by atoms with Gasteiger partial charge in [-0.25, -0.2) is 9.78 Å². The highest BCUT2D eigenvalue weighted by Crippen LogP contribution is 2.20. The summed E-state index contributed by atoms with van der Waals surface area (Å²) in [5, 5.41) is 3.52. The van der Waals surface area contributed by atoms with Crippen molar-refractivity contribution in [2.24, 2.45) is 0 Å². The predicted octanol–water partition coefficient (Wildman–Crippen LogP) is 2.39. The number of benzene rings is 1. The first-order valence-corrected chi connectivity index (χ1v) is 9.18. The molecule has 1 amide bonds. The van der Waals surface area contributed by atoms with Gasteiger partial charge in [-0.3, -0.25) is 4.79 Å². The molecule has 0 unspecified atom stereocenters. The Kier molecular flexibility index (Phi) is 5.85. The fourth-order valence-electron chi connectivity index (χ4n) is 2.69. The molecule has 1 aromatic carbocycles. The second-order valence-corrected chi connectivity index (χ2v) is 7.12. The third-order valence-corrected chi connectivity index (χ3v) is 5.00. The monoisotopic (exact) mass is 375 g/mol. The van der Waals surface area contributed by atoms with Crippen LogP contribution in [0.5, 0.6) is 0 Å². The first kappa shape index (κ1) is 18.3. The van der Waals surface area contributed by atoms with Gasteiger partial charge in [0, 0.05) is 24.5 Å². The second kappa shape index (κ2) is 8.29. The number of hydrogen-bond acceptors (Lipinski definition) is 7. The Labute approximate surface area is 155 Å². The van der Waals surface area contributed by atoms with Gasteiger partial charge in [0.15, 0.2) is 6.61 Å². The summed E-state index contributed by atoms with van der Waals surface area (Å²) in [7, 11) is 0. The number of ether oxygens (including phenoxy) is 2. The van der Waals surface area contributed by atoms with Crippen molar-refractivity contribution in [3.63, 3.8) is 0 Å². The number of rotatable bonds is 5. The largest absolute Gasteiger partial charge is 0.451 e. The van der Waals surface area contributed by atoms with Crippen LogP contribution in [0.25, 0.3) is 0 Å². The first-order valence-electron chi connectivity index (χ1n) is 8.36. The number of anilines is 2. The maximum absolute atomic E-state index is 12.0. The molecule has 0 atom stereocenters. The van der Waals surface area contributed by atoms with Gasteiger partial charge in [0.1, 0.15) is 4.88 Å². The van der Waals surface area contributed by atoms with E-state index in [4.69, 9.17) is 9.47 Å². The molecule has 0 radical (unpaired) electrons. The van der Waals surface area contributed by atoms with Crippen LogP contribution in [0.2, 0.25) is 0 Å². The Bertz CT molecular complexity index is 782. The highest BCUT2D eigenvalue weighted by molar-refractivity contribution is 7.13. The van der Waals surface area contributed by atoms with Gasteiger partial charge < -0.3 is 19.7 Å². The smallest absolute Gasteiger partial charge is 0.350 e. The number of aromatic nitrogens is 1. The molecule has 138 valence electrons. The lowest BCUT2D eigenvalue weighted by Gasteiger charge is -2.28. The van der Waals surface area contributed by atoms with E-state index in [1.54, 1.807) is 6.92 Å². The molecule has 1 aliphatic rings. The van der Waals surface area contributed by atoms with Crippen LogP contribution < -0.4 is 10.2 Å². The summed E-state index contributed by atoms with van der Waals surface area (Å²) in [6, 6.07) is 7.58. The van der Waals surface area contributed by atoms with E-state index in [0.29, 0.717) is 16.3 Å². The molecule has 26 heavy (non-hydrogen) atoms. The number of carbonyl (C=O) groups is 2. The molecule has 2 heterocycles. The molecule has 0 aliphatic carbocycles. The summed E-state index contributed by atoms with van der Waals surface area (Å²) in [5.41, 5.74) is 2.37. The maximum atomic E-state index is 12.0. The summed E-state index contributed by atoms with van der Waals surface area (Å²) in [6.07, 6.45) is 0. The van der Waals surface area contributed by atoms with Crippen LogP contribution in [0.1, 0.15) is 20.4 Å². The lowest BCUT2D eigenvalue weighted by molar-refractivity contribution is -0.119. The zero-order chi connectivity index (χ0) is 18.5. The molecule has 8 heteroatoms. The van der Waals surface area contributed by atoms with Gasteiger partial charge in [0.25, 0.3) is 5.91 Å². The van der Waals surface area contributed by atoms with Crippen molar-refractivity contribution in [1.82, 2.24) is 4.98 Å². The minimum Gasteiger partial charge on any atom is -0.451 e. The molecule has 2 aromatic rings. The topological polar surface area (TPSA) is 80.8 Å². The summed E-state index contributed by atoms with van der Waals surface area (Å²) < 4.78 is 10.4. The Morgan fingerprint density at radius 3 is 2.54 bits per heavy atom. The number of nitrogens with one attached hydrogen (secondary N) is 1. The number of esters is 1. The summed E-state index contributed by atoms with van der Waals surface area (Å²) >= 11 is 1.26. The molecule has 0 spiro atoms. The van der Waals surface area contributed by atoms with E-state index < -0.39 is 5.97 Å². The van der Waals surface area contributed by atoms with E-state index in [0.717, 1.165) is 37.0 Å². The van der Waals surface area contributed by atoms with Crippen LogP contribution in [0.3, 0.4) is 0 Å². The van der Waals surface area contributed by atoms with Crippen LogP contribution in [0.15, 0.2) is 24.3 Å². The molecule has 1 aromatic heterocycles. The van der Waals surface area contributed by atoms with E-state index in [-0.39, 0.29) is 12.5 Å². The molecule has 1 N–H and O–H groups in total. The van der Waals surface area contributed by atoms with Crippen molar-refractivity contribution in [1.29, 1.82) is 0 Å². The molecule has 3 rings (SSSR count). The van der Waals surface area contributed by atoms with E-state index in [1.807, 2.05) is 31.2 Å². The Morgan fingerprint density at radius 2 is 1.92 bits per heavy atom. The lowest BCUT2D eigenvalue weighted by Crippen LogP contribution is -2.36. The van der Waals surface area contributed by atoms with Crippen molar-refractivity contribution < 1.29 is 19.1 Å². The number of morpholine rings is 1. The van der Waals surface area contributed by atoms with Crippen LogP contribution in [-0.2, 0) is 14.3 Å². The summed E-state index contributed by atoms with van der Waals surface area (Å²) in [6.45, 7) is 6.40. The molecule has 1 aliphatic heterocycles. The van der Waals surface area contributed by atoms with Gasteiger partial charge in [-0.1, -0.05) is 0 Å². The third kappa shape index (κ3) is 4.59. The molecule has 1 saturated heterocycles. The van der Waals surface area contributed by atoms with Crippen molar-refractivity contribution in [3.05, 3.63) is 39.8 Å². The quantitative estimate of drug-likeness (QED) is 0.809. The van der Waals surface area contributed by atoms with E-state index in [2.05, 4.69) is 15.2 Å². The fraction of sp³-hybridized carbons (Fsp3) is 0.389. The second-order valence-electron chi connectivity index (χ2n) is 5.92. The first-order chi connectivity index (χ1) is 12.5. The maximum Gasteiger partial charge on any atom is 0.350 e. The van der Waals surface area contributed by atoms with E-state index >= 15 is 0 Å². The standard InChI is InChI=1S/C18H21N3O4S/c1-12-17(26-13(2)19-12)18(23)25-11-16(22)20-14-3-5-15(6-4-14)21-7-9-24-10-8-21/h3-6H,7-11H2,1-2H3,(H,20,22). The normalized spacial score (nSPS) is 14.2. The van der Waals surface area contributed by atoms with Gasteiger partial charge in [-0.15, -0.1) is 11.3 Å². The minimum absolute atomic E-state index is 0.333. The Morgan fingerprint density at radius 1 is 1.23 bits per heavy atom. The van der Waals surface area contributed by atoms with Crippen LogP contribution in [-0.4, -0.2) is 49.8 Å². The average Bonchev–Trinajstić information content (AvgIpc) is 2.99. The van der Waals surface area contributed by atoms with Crippen molar-refractivity contribution in [3.8, 4) is 0 Å². The molecular formula is C18H21N3O4S. The number of hydrogen-bond donors (Lipinski definition) is 1. The van der Waals surface area contributed by atoms with E-state index in [9.17, 15) is 9.59 Å². The molecular weight excluding hydrogens is 354 g/mol. The fourth-order valence-corrected chi connectivity index (χ4v) is 3.51. The number of amides is 1. The predicted molar refractivity (Wildman–Crippen MR) is 100.0 cm³/mol. The van der Waals surface area contributed by atoms with Crippen LogP contribution in [0.4, 0.5) is 11.4 Å². The van der Waals surface area contributed by atoms with Crippen LogP contribution in [0, 0.1) is 13.8 Å². The van der Waals surface area contributed by atoms with Crippen molar-refractivity contribution >= 4 is 34.6 Å². The highest BCUT2D eigenvalue weighted by atomic mass is 32.1. The molecule has 1 fully saturated rings.